The third-order valence-corrected chi connectivity index (χ3v) is 8.30. The summed E-state index contributed by atoms with van der Waals surface area (Å²) in [6.07, 6.45) is 3.18. The van der Waals surface area contributed by atoms with E-state index in [2.05, 4.69) is 70.8 Å². The van der Waals surface area contributed by atoms with Crippen molar-refractivity contribution in [2.75, 3.05) is 23.0 Å². The number of para-hydroxylation sites is 3. The Kier molecular flexibility index (Phi) is 8.01. The van der Waals surface area contributed by atoms with Crippen LogP contribution in [0, 0.1) is 0 Å². The average Bonchev–Trinajstić information content (AvgIpc) is 3.58. The van der Waals surface area contributed by atoms with Crippen molar-refractivity contribution in [2.45, 2.75) is 44.9 Å². The van der Waals surface area contributed by atoms with E-state index in [9.17, 15) is 4.79 Å². The monoisotopic (exact) mass is 578 g/mol. The fraction of sp³-hybridized carbons (Fsp3) is 0.242. The average molecular weight is 579 g/mol. The summed E-state index contributed by atoms with van der Waals surface area (Å²) in [5, 5.41) is 13.2. The topological polar surface area (TPSA) is 86.0 Å². The van der Waals surface area contributed by atoms with Crippen LogP contribution in [-0.2, 0) is 11.3 Å². The first-order valence-electron chi connectivity index (χ1n) is 14.3. The van der Waals surface area contributed by atoms with E-state index in [1.54, 1.807) is 11.8 Å². The summed E-state index contributed by atoms with van der Waals surface area (Å²) in [5.41, 5.74) is 5.22. The van der Waals surface area contributed by atoms with E-state index in [0.717, 1.165) is 34.3 Å². The van der Waals surface area contributed by atoms with Crippen molar-refractivity contribution in [3.05, 3.63) is 107 Å². The molecule has 42 heavy (non-hydrogen) atoms. The van der Waals surface area contributed by atoms with Gasteiger partial charge in [0.1, 0.15) is 11.8 Å². The normalized spacial score (nSPS) is 14.5. The van der Waals surface area contributed by atoms with Crippen LogP contribution in [0.25, 0.3) is 10.9 Å². The number of thioether (sulfide) groups is 1. The predicted octanol–water partition coefficient (Wildman–Crippen LogP) is 7.11. The number of rotatable bonds is 10. The molecule has 0 spiro atoms. The van der Waals surface area contributed by atoms with Crippen LogP contribution >= 0.6 is 11.8 Å². The number of carbonyl (C=O) groups excluding carboxylic acids is 1. The Balaban J connectivity index is 1.48. The van der Waals surface area contributed by atoms with Gasteiger partial charge >= 0.3 is 0 Å². The molecule has 1 amide bonds. The van der Waals surface area contributed by atoms with Crippen molar-refractivity contribution in [1.29, 1.82) is 0 Å². The number of hydrogen-bond acceptors (Lipinski definition) is 6. The van der Waals surface area contributed by atoms with Gasteiger partial charge in [0.05, 0.1) is 17.9 Å². The van der Waals surface area contributed by atoms with Crippen molar-refractivity contribution < 1.29 is 9.53 Å². The van der Waals surface area contributed by atoms with E-state index in [4.69, 9.17) is 14.8 Å². The summed E-state index contributed by atoms with van der Waals surface area (Å²) < 4.78 is 9.91. The lowest BCUT2D eigenvalue weighted by Crippen LogP contribution is -2.31. The van der Waals surface area contributed by atoms with Crippen molar-refractivity contribution in [1.82, 2.24) is 19.3 Å². The summed E-state index contributed by atoms with van der Waals surface area (Å²) in [5.74, 6) is 1.95. The van der Waals surface area contributed by atoms with E-state index in [0.29, 0.717) is 41.3 Å². The summed E-state index contributed by atoms with van der Waals surface area (Å²) in [6, 6.07) is 25.7. The Labute approximate surface area is 249 Å². The SMILES string of the molecule is CCCSc1nc2n(n1)C(c1cn(Cc3ccccc3)c3ccccc13)C(C(=O)Nc1ccccc1OCC)=C(C)N2. The Bertz CT molecular complexity index is 1760. The van der Waals surface area contributed by atoms with E-state index in [1.165, 1.54) is 5.56 Å². The number of hydrogen-bond donors (Lipinski definition) is 2. The van der Waals surface area contributed by atoms with Crippen LogP contribution < -0.4 is 15.4 Å². The Morgan fingerprint density at radius 1 is 1.02 bits per heavy atom. The van der Waals surface area contributed by atoms with Crippen LogP contribution in [0.5, 0.6) is 5.75 Å². The molecule has 9 heteroatoms. The molecule has 2 aromatic heterocycles. The third-order valence-electron chi connectivity index (χ3n) is 7.26. The number of aromatic nitrogens is 4. The number of carbonyl (C=O) groups is 1. The lowest BCUT2D eigenvalue weighted by Gasteiger charge is -2.28. The highest BCUT2D eigenvalue weighted by molar-refractivity contribution is 7.99. The summed E-state index contributed by atoms with van der Waals surface area (Å²) >= 11 is 1.62. The van der Waals surface area contributed by atoms with Crippen LogP contribution in [0.15, 0.2) is 101 Å². The molecule has 2 N–H and O–H groups in total. The van der Waals surface area contributed by atoms with Crippen LogP contribution in [0.1, 0.15) is 44.4 Å². The molecule has 1 atom stereocenters. The molecule has 1 unspecified atom stereocenters. The maximum Gasteiger partial charge on any atom is 0.255 e. The first kappa shape index (κ1) is 27.7. The number of anilines is 2. The zero-order valence-electron chi connectivity index (χ0n) is 24.0. The van der Waals surface area contributed by atoms with Crippen LogP contribution in [0.2, 0.25) is 0 Å². The Hall–Kier alpha value is -4.50. The second-order valence-corrected chi connectivity index (χ2v) is 11.2. The highest BCUT2D eigenvalue weighted by Gasteiger charge is 2.36. The van der Waals surface area contributed by atoms with Gasteiger partial charge in [-0.3, -0.25) is 4.79 Å². The van der Waals surface area contributed by atoms with Gasteiger partial charge in [0.15, 0.2) is 0 Å². The zero-order chi connectivity index (χ0) is 29.1. The molecule has 5 aromatic rings. The highest BCUT2D eigenvalue weighted by Crippen LogP contribution is 2.40. The van der Waals surface area contributed by atoms with Gasteiger partial charge in [-0.05, 0) is 44.0 Å². The minimum atomic E-state index is -0.495. The molecule has 0 fully saturated rings. The van der Waals surface area contributed by atoms with Crippen LogP contribution in [0.4, 0.5) is 11.6 Å². The van der Waals surface area contributed by atoms with Gasteiger partial charge in [-0.25, -0.2) is 4.68 Å². The molecule has 0 aliphatic carbocycles. The molecular formula is C33H34N6O2S. The molecule has 0 radical (unpaired) electrons. The smallest absolute Gasteiger partial charge is 0.255 e. The summed E-state index contributed by atoms with van der Waals surface area (Å²) in [7, 11) is 0. The fourth-order valence-corrected chi connectivity index (χ4v) is 6.10. The van der Waals surface area contributed by atoms with Crippen molar-refractivity contribution >= 4 is 40.2 Å². The lowest BCUT2D eigenvalue weighted by molar-refractivity contribution is -0.113. The maximum atomic E-state index is 14.2. The van der Waals surface area contributed by atoms with Gasteiger partial charge in [0, 0.05) is 40.7 Å². The molecule has 1 aliphatic heterocycles. The number of fused-ring (bicyclic) bond motifs is 2. The number of amides is 1. The molecule has 214 valence electrons. The second kappa shape index (κ2) is 12.2. The van der Waals surface area contributed by atoms with Gasteiger partial charge in [0.25, 0.3) is 5.91 Å². The molecule has 8 nitrogen and oxygen atoms in total. The zero-order valence-corrected chi connectivity index (χ0v) is 24.8. The van der Waals surface area contributed by atoms with Gasteiger partial charge in [0.2, 0.25) is 11.1 Å². The molecular weight excluding hydrogens is 544 g/mol. The number of nitrogens with zero attached hydrogens (tertiary/aromatic N) is 4. The summed E-state index contributed by atoms with van der Waals surface area (Å²) in [6.45, 7) is 7.20. The minimum Gasteiger partial charge on any atom is -0.492 e. The number of ether oxygens (including phenoxy) is 1. The van der Waals surface area contributed by atoms with Gasteiger partial charge in [-0.2, -0.15) is 4.98 Å². The second-order valence-electron chi connectivity index (χ2n) is 10.2. The molecule has 0 bridgehead atoms. The molecule has 6 rings (SSSR count). The highest BCUT2D eigenvalue weighted by atomic mass is 32.2. The summed E-state index contributed by atoms with van der Waals surface area (Å²) in [4.78, 5) is 19.0. The van der Waals surface area contributed by atoms with E-state index in [-0.39, 0.29) is 5.91 Å². The van der Waals surface area contributed by atoms with Crippen LogP contribution in [0.3, 0.4) is 0 Å². The van der Waals surface area contributed by atoms with Gasteiger partial charge in [-0.1, -0.05) is 79.3 Å². The molecule has 3 heterocycles. The van der Waals surface area contributed by atoms with Crippen molar-refractivity contribution in [3.8, 4) is 5.75 Å². The first-order chi connectivity index (χ1) is 20.6. The van der Waals surface area contributed by atoms with Crippen LogP contribution in [-0.4, -0.2) is 37.6 Å². The fourth-order valence-electron chi connectivity index (χ4n) is 5.41. The number of nitrogens with one attached hydrogen (secondary N) is 2. The Morgan fingerprint density at radius 3 is 2.60 bits per heavy atom. The van der Waals surface area contributed by atoms with E-state index in [1.807, 2.05) is 54.9 Å². The maximum absolute atomic E-state index is 14.2. The van der Waals surface area contributed by atoms with E-state index >= 15 is 0 Å². The third kappa shape index (κ3) is 5.39. The molecule has 0 saturated carbocycles. The van der Waals surface area contributed by atoms with E-state index < -0.39 is 6.04 Å². The lowest BCUT2D eigenvalue weighted by atomic mass is 9.94. The predicted molar refractivity (Wildman–Crippen MR) is 169 cm³/mol. The number of benzene rings is 3. The van der Waals surface area contributed by atoms with Crippen molar-refractivity contribution in [2.24, 2.45) is 0 Å². The molecule has 1 aliphatic rings. The Morgan fingerprint density at radius 2 is 1.79 bits per heavy atom. The molecule has 0 saturated heterocycles. The van der Waals surface area contributed by atoms with Gasteiger partial charge < -0.3 is 19.9 Å². The van der Waals surface area contributed by atoms with Crippen molar-refractivity contribution in [3.63, 3.8) is 0 Å². The standard InChI is InChI=1S/C33H34N6O2S/c1-4-19-42-33-36-32-34-22(3)29(31(40)35-26-16-10-12-18-28(26)41-5-2)30(39(32)37-33)25-21-38(20-23-13-7-6-8-14-23)27-17-11-9-15-24(25)27/h6-18,21,30H,4-5,19-20H2,1-3H3,(H,35,40)(H,34,36,37). The quantitative estimate of drug-likeness (QED) is 0.172. The number of allylic oxidation sites excluding steroid dienone is 1. The minimum absolute atomic E-state index is 0.221. The molecule has 3 aromatic carbocycles. The van der Waals surface area contributed by atoms with Gasteiger partial charge in [-0.15, -0.1) is 5.10 Å². The largest absolute Gasteiger partial charge is 0.492 e. The first-order valence-corrected chi connectivity index (χ1v) is 15.3.